The van der Waals surface area contributed by atoms with Crippen LogP contribution >= 0.6 is 0 Å². The minimum atomic E-state index is -1.03. The van der Waals surface area contributed by atoms with E-state index in [9.17, 15) is 9.90 Å². The molecule has 86 valence electrons. The molecule has 0 bridgehead atoms. The molecule has 0 aliphatic rings. The molecular formula is C15H13O2-. The van der Waals surface area contributed by atoms with Gasteiger partial charge in [-0.1, -0.05) is 60.7 Å². The van der Waals surface area contributed by atoms with Gasteiger partial charge in [0.1, 0.15) is 0 Å². The van der Waals surface area contributed by atoms with Crippen molar-refractivity contribution in [3.05, 3.63) is 71.8 Å². The zero-order chi connectivity index (χ0) is 12.1. The van der Waals surface area contributed by atoms with Gasteiger partial charge in [-0.05, 0) is 17.5 Å². The van der Waals surface area contributed by atoms with Crippen LogP contribution in [0.25, 0.3) is 0 Å². The third kappa shape index (κ3) is 2.94. The van der Waals surface area contributed by atoms with E-state index in [-0.39, 0.29) is 0 Å². The van der Waals surface area contributed by atoms with Gasteiger partial charge in [-0.2, -0.15) is 0 Å². The Morgan fingerprint density at radius 2 is 1.47 bits per heavy atom. The number of rotatable bonds is 4. The molecule has 0 radical (unpaired) electrons. The van der Waals surface area contributed by atoms with Crippen molar-refractivity contribution in [2.45, 2.75) is 12.3 Å². The summed E-state index contributed by atoms with van der Waals surface area (Å²) >= 11 is 0. The highest BCUT2D eigenvalue weighted by Gasteiger charge is 2.12. The number of benzene rings is 2. The molecule has 0 spiro atoms. The number of hydrogen-bond acceptors (Lipinski definition) is 2. The first-order valence-electron chi connectivity index (χ1n) is 5.57. The fourth-order valence-electron chi connectivity index (χ4n) is 1.87. The lowest BCUT2D eigenvalue weighted by Gasteiger charge is -2.18. The Hall–Kier alpha value is -2.09. The maximum Gasteiger partial charge on any atom is 0.0492 e. The first-order chi connectivity index (χ1) is 8.27. The molecule has 0 aromatic heterocycles. The lowest BCUT2D eigenvalue weighted by molar-refractivity contribution is -0.308. The normalized spacial score (nSPS) is 12.0. The molecule has 17 heavy (non-hydrogen) atoms. The minimum absolute atomic E-state index is 0.465. The Labute approximate surface area is 101 Å². The van der Waals surface area contributed by atoms with Crippen LogP contribution in [0.1, 0.15) is 17.0 Å². The van der Waals surface area contributed by atoms with Gasteiger partial charge in [-0.3, -0.25) is 0 Å². The van der Waals surface area contributed by atoms with E-state index in [1.165, 1.54) is 0 Å². The molecule has 0 heterocycles. The van der Waals surface area contributed by atoms with Crippen LogP contribution in [0.4, 0.5) is 0 Å². The molecule has 0 saturated carbocycles. The molecule has 0 fully saturated rings. The molecule has 2 rings (SSSR count). The fourth-order valence-corrected chi connectivity index (χ4v) is 1.87. The van der Waals surface area contributed by atoms with Gasteiger partial charge in [0, 0.05) is 11.9 Å². The van der Waals surface area contributed by atoms with Crippen molar-refractivity contribution in [2.24, 2.45) is 0 Å². The van der Waals surface area contributed by atoms with E-state index < -0.39 is 11.9 Å². The number of aliphatic carboxylic acids is 1. The van der Waals surface area contributed by atoms with Crippen LogP contribution in [0.15, 0.2) is 60.7 Å². The van der Waals surface area contributed by atoms with E-state index in [2.05, 4.69) is 0 Å². The van der Waals surface area contributed by atoms with Crippen molar-refractivity contribution < 1.29 is 9.90 Å². The van der Waals surface area contributed by atoms with Crippen LogP contribution in [-0.2, 0) is 11.2 Å². The maximum absolute atomic E-state index is 11.2. The van der Waals surface area contributed by atoms with Crippen molar-refractivity contribution in [3.63, 3.8) is 0 Å². The number of carboxylic acid groups (broad SMARTS) is 1. The van der Waals surface area contributed by atoms with Crippen molar-refractivity contribution in [1.29, 1.82) is 0 Å². The van der Waals surface area contributed by atoms with Crippen molar-refractivity contribution in [1.82, 2.24) is 0 Å². The van der Waals surface area contributed by atoms with Gasteiger partial charge in [-0.25, -0.2) is 0 Å². The fraction of sp³-hybridized carbons (Fsp3) is 0.133. The van der Waals surface area contributed by atoms with Gasteiger partial charge in [-0.15, -0.1) is 0 Å². The molecule has 0 aliphatic heterocycles. The van der Waals surface area contributed by atoms with Crippen LogP contribution in [0.3, 0.4) is 0 Å². The monoisotopic (exact) mass is 225 g/mol. The summed E-state index contributed by atoms with van der Waals surface area (Å²) in [5.41, 5.74) is 1.79. The number of carbonyl (C=O) groups excluding carboxylic acids is 1. The van der Waals surface area contributed by atoms with Crippen molar-refractivity contribution in [3.8, 4) is 0 Å². The Morgan fingerprint density at radius 1 is 0.941 bits per heavy atom. The molecule has 1 atom stereocenters. The highest BCUT2D eigenvalue weighted by Crippen LogP contribution is 2.20. The summed E-state index contributed by atoms with van der Waals surface area (Å²) in [6, 6.07) is 18.8. The SMILES string of the molecule is O=C([O-])C(Cc1ccccc1)c1ccccc1. The molecule has 0 N–H and O–H groups in total. The first-order valence-corrected chi connectivity index (χ1v) is 5.57. The zero-order valence-electron chi connectivity index (χ0n) is 9.37. The van der Waals surface area contributed by atoms with Crippen LogP contribution in [0.5, 0.6) is 0 Å². The predicted molar refractivity (Wildman–Crippen MR) is 64.3 cm³/mol. The van der Waals surface area contributed by atoms with Crippen molar-refractivity contribution >= 4 is 5.97 Å². The summed E-state index contributed by atoms with van der Waals surface area (Å²) in [6.07, 6.45) is 0.465. The van der Waals surface area contributed by atoms with E-state index >= 15 is 0 Å². The first kappa shape index (κ1) is 11.4. The molecule has 0 aliphatic carbocycles. The molecule has 2 heteroatoms. The average molecular weight is 225 g/mol. The minimum Gasteiger partial charge on any atom is -0.549 e. The van der Waals surface area contributed by atoms with Crippen LogP contribution in [-0.4, -0.2) is 5.97 Å². The predicted octanol–water partition coefficient (Wildman–Crippen LogP) is 1.76. The molecule has 2 nitrogen and oxygen atoms in total. The summed E-state index contributed by atoms with van der Waals surface area (Å²) < 4.78 is 0. The maximum atomic E-state index is 11.2. The molecule has 2 aromatic rings. The molecule has 2 aromatic carbocycles. The highest BCUT2D eigenvalue weighted by molar-refractivity contribution is 5.74. The largest absolute Gasteiger partial charge is 0.549 e. The Bertz CT molecular complexity index is 477. The number of carboxylic acids is 1. The summed E-state index contributed by atoms with van der Waals surface area (Å²) in [5, 5.41) is 11.2. The Morgan fingerprint density at radius 3 is 2.00 bits per heavy atom. The number of hydrogen-bond donors (Lipinski definition) is 0. The lowest BCUT2D eigenvalue weighted by atomic mass is 9.92. The second-order valence-electron chi connectivity index (χ2n) is 3.97. The number of carbonyl (C=O) groups is 1. The third-order valence-electron chi connectivity index (χ3n) is 2.77. The summed E-state index contributed by atoms with van der Waals surface area (Å²) in [6.45, 7) is 0. The molecule has 1 unspecified atom stereocenters. The van der Waals surface area contributed by atoms with Crippen LogP contribution in [0, 0.1) is 0 Å². The van der Waals surface area contributed by atoms with E-state index in [0.29, 0.717) is 6.42 Å². The van der Waals surface area contributed by atoms with Gasteiger partial charge < -0.3 is 9.90 Å². The summed E-state index contributed by atoms with van der Waals surface area (Å²) in [5.74, 6) is -1.61. The van der Waals surface area contributed by atoms with Crippen LogP contribution < -0.4 is 5.11 Å². The van der Waals surface area contributed by atoms with Gasteiger partial charge in [0.05, 0.1) is 0 Å². The second kappa shape index (κ2) is 5.30. The van der Waals surface area contributed by atoms with E-state index in [4.69, 9.17) is 0 Å². The third-order valence-corrected chi connectivity index (χ3v) is 2.77. The Kier molecular flexibility index (Phi) is 3.55. The lowest BCUT2D eigenvalue weighted by Crippen LogP contribution is -2.31. The van der Waals surface area contributed by atoms with E-state index in [0.717, 1.165) is 11.1 Å². The molecular weight excluding hydrogens is 212 g/mol. The second-order valence-corrected chi connectivity index (χ2v) is 3.97. The summed E-state index contributed by atoms with van der Waals surface area (Å²) in [4.78, 5) is 11.2. The van der Waals surface area contributed by atoms with E-state index in [1.807, 2.05) is 60.7 Å². The molecule has 0 saturated heterocycles. The quantitative estimate of drug-likeness (QED) is 0.795. The molecule has 0 amide bonds. The van der Waals surface area contributed by atoms with Crippen molar-refractivity contribution in [2.75, 3.05) is 0 Å². The summed E-state index contributed by atoms with van der Waals surface area (Å²) in [7, 11) is 0. The Balaban J connectivity index is 2.23. The highest BCUT2D eigenvalue weighted by atomic mass is 16.4. The van der Waals surface area contributed by atoms with Crippen LogP contribution in [0.2, 0.25) is 0 Å². The zero-order valence-corrected chi connectivity index (χ0v) is 9.37. The average Bonchev–Trinajstić information content (AvgIpc) is 2.38. The topological polar surface area (TPSA) is 40.1 Å². The van der Waals surface area contributed by atoms with Gasteiger partial charge in [0.25, 0.3) is 0 Å². The van der Waals surface area contributed by atoms with Gasteiger partial charge in [0.15, 0.2) is 0 Å². The smallest absolute Gasteiger partial charge is 0.0492 e. The van der Waals surface area contributed by atoms with Gasteiger partial charge in [0.2, 0.25) is 0 Å². The van der Waals surface area contributed by atoms with E-state index in [1.54, 1.807) is 0 Å². The standard InChI is InChI=1S/C15H14O2/c16-15(17)14(13-9-5-2-6-10-13)11-12-7-3-1-4-8-12/h1-10,14H,11H2,(H,16,17)/p-1. The van der Waals surface area contributed by atoms with Gasteiger partial charge >= 0.3 is 0 Å².